The first-order chi connectivity index (χ1) is 16.1. The number of benzene rings is 2. The zero-order valence-corrected chi connectivity index (χ0v) is 19.9. The van der Waals surface area contributed by atoms with E-state index in [1.54, 1.807) is 20.5 Å². The molecule has 9 heteroatoms. The average Bonchev–Trinajstić information content (AvgIpc) is 3.22. The quantitative estimate of drug-likeness (QED) is 0.366. The van der Waals surface area contributed by atoms with Crippen molar-refractivity contribution in [3.8, 4) is 11.5 Å². The topological polar surface area (TPSA) is 88.8 Å². The van der Waals surface area contributed by atoms with Crippen molar-refractivity contribution in [1.82, 2.24) is 19.5 Å². The predicted octanol–water partition coefficient (Wildman–Crippen LogP) is 5.45. The number of hydrogen-bond donors (Lipinski definition) is 2. The first-order valence-electron chi connectivity index (χ1n) is 10.7. The lowest BCUT2D eigenvalue weighted by Gasteiger charge is -2.35. The van der Waals surface area contributed by atoms with Crippen molar-refractivity contribution in [3.05, 3.63) is 64.9 Å². The Morgan fingerprint density at radius 2 is 1.94 bits per heavy atom. The van der Waals surface area contributed by atoms with E-state index >= 15 is 0 Å². The van der Waals surface area contributed by atoms with E-state index in [2.05, 4.69) is 26.7 Å². The molecule has 5 rings (SSSR count). The first kappa shape index (κ1) is 21.9. The number of imidazole rings is 1. The number of rotatable bonds is 7. The molecule has 1 atom stereocenters. The number of halogens is 1. The number of nitrogens with zero attached hydrogens (tertiary/aromatic N) is 3. The van der Waals surface area contributed by atoms with Gasteiger partial charge in [-0.2, -0.15) is 0 Å². The van der Waals surface area contributed by atoms with Gasteiger partial charge in [-0.05, 0) is 66.4 Å². The van der Waals surface area contributed by atoms with Crippen molar-refractivity contribution in [2.45, 2.75) is 35.4 Å². The summed E-state index contributed by atoms with van der Waals surface area (Å²) in [6.07, 6.45) is 5.26. The Hall–Kier alpha value is -2.97. The minimum atomic E-state index is 0.0825. The molecule has 1 saturated carbocycles. The van der Waals surface area contributed by atoms with Gasteiger partial charge in [0.25, 0.3) is 0 Å². The number of nitrogens with one attached hydrogen (secondary N) is 2. The minimum absolute atomic E-state index is 0.0825. The second kappa shape index (κ2) is 9.11. The van der Waals surface area contributed by atoms with Crippen molar-refractivity contribution >= 4 is 34.5 Å². The fourth-order valence-electron chi connectivity index (χ4n) is 4.23. The number of aromatic amines is 1. The number of ether oxygens (including phenoxy) is 2. The summed E-state index contributed by atoms with van der Waals surface area (Å²) in [6.45, 7) is 0. The van der Waals surface area contributed by atoms with Crippen molar-refractivity contribution < 1.29 is 9.47 Å². The van der Waals surface area contributed by atoms with Crippen LogP contribution in [0.5, 0.6) is 11.5 Å². The van der Waals surface area contributed by atoms with Crippen LogP contribution in [-0.2, 0) is 0 Å². The molecule has 1 aliphatic rings. The third kappa shape index (κ3) is 4.20. The van der Waals surface area contributed by atoms with Crippen LogP contribution in [0.4, 0.5) is 0 Å². The molecule has 4 aromatic rings. The monoisotopic (exact) mass is 481 g/mol. The van der Waals surface area contributed by atoms with Crippen LogP contribution in [0.15, 0.2) is 58.8 Å². The van der Waals surface area contributed by atoms with E-state index in [-0.39, 0.29) is 11.5 Å². The smallest absolute Gasteiger partial charge is 0.173 e. The molecule has 2 aromatic carbocycles. The highest BCUT2D eigenvalue weighted by Gasteiger charge is 2.31. The highest BCUT2D eigenvalue weighted by Crippen LogP contribution is 2.42. The molecule has 170 valence electrons. The maximum Gasteiger partial charge on any atom is 0.173 e. The SMILES string of the molecule is COc1ccc(OC)c(Sc2nc3c([nH]2)c(=N)ncn3C(c2ccc(Cl)cc2)C2CCC2)c1. The molecule has 2 aromatic heterocycles. The van der Waals surface area contributed by atoms with Crippen LogP contribution in [0.3, 0.4) is 0 Å². The molecule has 1 unspecified atom stereocenters. The summed E-state index contributed by atoms with van der Waals surface area (Å²) in [4.78, 5) is 13.4. The van der Waals surface area contributed by atoms with Gasteiger partial charge in [-0.15, -0.1) is 0 Å². The van der Waals surface area contributed by atoms with Crippen LogP contribution in [0, 0.1) is 11.3 Å². The Kier molecular flexibility index (Phi) is 6.03. The Morgan fingerprint density at radius 3 is 2.61 bits per heavy atom. The molecule has 7 nitrogen and oxygen atoms in total. The third-order valence-electron chi connectivity index (χ3n) is 6.14. The van der Waals surface area contributed by atoms with Gasteiger partial charge in [0.15, 0.2) is 16.3 Å². The molecule has 0 amide bonds. The highest BCUT2D eigenvalue weighted by molar-refractivity contribution is 7.99. The maximum absolute atomic E-state index is 8.37. The molecule has 0 spiro atoms. The Morgan fingerprint density at radius 1 is 1.15 bits per heavy atom. The first-order valence-corrected chi connectivity index (χ1v) is 11.9. The van der Waals surface area contributed by atoms with Gasteiger partial charge in [-0.1, -0.05) is 30.2 Å². The van der Waals surface area contributed by atoms with Crippen LogP contribution in [-0.4, -0.2) is 33.7 Å². The molecule has 0 radical (unpaired) electrons. The van der Waals surface area contributed by atoms with E-state index in [9.17, 15) is 0 Å². The van der Waals surface area contributed by atoms with Crippen molar-refractivity contribution in [2.75, 3.05) is 14.2 Å². The van der Waals surface area contributed by atoms with Crippen LogP contribution in [0.2, 0.25) is 5.02 Å². The summed E-state index contributed by atoms with van der Waals surface area (Å²) in [5, 5.41) is 9.75. The van der Waals surface area contributed by atoms with Crippen molar-refractivity contribution in [1.29, 1.82) is 5.41 Å². The molecule has 1 aliphatic carbocycles. The summed E-state index contributed by atoms with van der Waals surface area (Å²) >= 11 is 7.58. The highest BCUT2D eigenvalue weighted by atomic mass is 35.5. The van der Waals surface area contributed by atoms with E-state index in [0.717, 1.165) is 29.2 Å². The zero-order valence-electron chi connectivity index (χ0n) is 18.3. The normalized spacial score (nSPS) is 14.8. The summed E-state index contributed by atoms with van der Waals surface area (Å²) in [5.41, 5.74) is 2.66. The van der Waals surface area contributed by atoms with Gasteiger partial charge >= 0.3 is 0 Å². The molecular formula is C24H24ClN5O2S. The fraction of sp³-hybridized carbons (Fsp3) is 0.292. The second-order valence-corrected chi connectivity index (χ2v) is 9.51. The Balaban J connectivity index is 1.59. The van der Waals surface area contributed by atoms with E-state index in [0.29, 0.717) is 27.3 Å². The lowest BCUT2D eigenvalue weighted by atomic mass is 9.77. The Bertz CT molecular complexity index is 1350. The molecule has 33 heavy (non-hydrogen) atoms. The van der Waals surface area contributed by atoms with E-state index < -0.39 is 0 Å². The molecule has 2 heterocycles. The average molecular weight is 482 g/mol. The lowest BCUT2D eigenvalue weighted by Crippen LogP contribution is -2.28. The number of H-pyrrole nitrogens is 1. The molecule has 1 fully saturated rings. The van der Waals surface area contributed by atoms with Gasteiger partial charge in [0, 0.05) is 5.02 Å². The summed E-state index contributed by atoms with van der Waals surface area (Å²) in [6, 6.07) is 13.7. The molecular weight excluding hydrogens is 458 g/mol. The summed E-state index contributed by atoms with van der Waals surface area (Å²) < 4.78 is 13.0. The summed E-state index contributed by atoms with van der Waals surface area (Å²) in [5.74, 6) is 1.95. The number of hydrogen-bond acceptors (Lipinski definition) is 6. The maximum atomic E-state index is 8.37. The molecule has 0 saturated heterocycles. The third-order valence-corrected chi connectivity index (χ3v) is 7.32. The van der Waals surface area contributed by atoms with Gasteiger partial charge < -0.3 is 19.0 Å². The number of aromatic nitrogens is 4. The number of methoxy groups -OCH3 is 2. The van der Waals surface area contributed by atoms with Gasteiger partial charge in [-0.3, -0.25) is 5.41 Å². The largest absolute Gasteiger partial charge is 0.497 e. The Labute approximate surface area is 200 Å². The predicted molar refractivity (Wildman–Crippen MR) is 128 cm³/mol. The van der Waals surface area contributed by atoms with Crippen molar-refractivity contribution in [3.63, 3.8) is 0 Å². The van der Waals surface area contributed by atoms with Crippen LogP contribution < -0.4 is 15.0 Å². The van der Waals surface area contributed by atoms with Gasteiger partial charge in [0.05, 0.1) is 31.5 Å². The fourth-order valence-corrected chi connectivity index (χ4v) is 5.28. The minimum Gasteiger partial charge on any atom is -0.497 e. The van der Waals surface area contributed by atoms with Gasteiger partial charge in [0.2, 0.25) is 0 Å². The van der Waals surface area contributed by atoms with Crippen LogP contribution in [0.25, 0.3) is 11.2 Å². The van der Waals surface area contributed by atoms with E-state index in [4.69, 9.17) is 31.5 Å². The molecule has 2 N–H and O–H groups in total. The molecule has 0 aliphatic heterocycles. The van der Waals surface area contributed by atoms with Crippen LogP contribution in [0.1, 0.15) is 30.9 Å². The standard InChI is InChI=1S/C24H24ClN5O2S/c1-31-17-10-11-18(32-2)19(12-17)33-24-28-20-22(26)27-13-30(23(20)29-24)21(14-4-3-5-14)15-6-8-16(25)9-7-15/h6-14,21,26H,3-5H2,1-2H3,(H,28,29). The van der Waals surface area contributed by atoms with E-state index in [1.807, 2.05) is 30.3 Å². The molecule has 0 bridgehead atoms. The second-order valence-electron chi connectivity index (χ2n) is 8.05. The lowest BCUT2D eigenvalue weighted by molar-refractivity contribution is 0.238. The van der Waals surface area contributed by atoms with Crippen LogP contribution >= 0.6 is 23.4 Å². The van der Waals surface area contributed by atoms with Crippen molar-refractivity contribution in [2.24, 2.45) is 5.92 Å². The number of fused-ring (bicyclic) bond motifs is 1. The summed E-state index contributed by atoms with van der Waals surface area (Å²) in [7, 11) is 3.27. The van der Waals surface area contributed by atoms with Gasteiger partial charge in [-0.25, -0.2) is 9.97 Å². The van der Waals surface area contributed by atoms with E-state index in [1.165, 1.54) is 23.7 Å². The van der Waals surface area contributed by atoms with Gasteiger partial charge in [0.1, 0.15) is 17.0 Å². The zero-order chi connectivity index (χ0) is 22.9.